The summed E-state index contributed by atoms with van der Waals surface area (Å²) in [7, 11) is 1.65. The van der Waals surface area contributed by atoms with Crippen LogP contribution in [0, 0.1) is 12.3 Å². The minimum atomic E-state index is 0.426. The van der Waals surface area contributed by atoms with Crippen molar-refractivity contribution in [3.8, 4) is 23.8 Å². The summed E-state index contributed by atoms with van der Waals surface area (Å²) in [6, 6.07) is 11.5. The molecule has 0 unspecified atom stereocenters. The standard InChI is InChI=1S/C25H29N5O3/c1-3-19-5-4-6-20(15-19)29-25-21-16-23(32-12-11-30-9-7-26-8-10-30)24(33-14-13-31-2)17-22(21)27-18-28-25/h1,4-6,15-18,26H,7-14H2,2H3,(H,27,28,29)/p+1. The number of hydrogen-bond donors (Lipinski definition) is 2. The van der Waals surface area contributed by atoms with E-state index in [2.05, 4.69) is 31.4 Å². The van der Waals surface area contributed by atoms with E-state index < -0.39 is 0 Å². The quantitative estimate of drug-likeness (QED) is 0.360. The molecule has 1 aliphatic rings. The van der Waals surface area contributed by atoms with Gasteiger partial charge < -0.3 is 24.8 Å². The molecule has 33 heavy (non-hydrogen) atoms. The van der Waals surface area contributed by atoms with Gasteiger partial charge in [-0.15, -0.1) is 6.42 Å². The molecule has 0 saturated carbocycles. The molecule has 4 rings (SSSR count). The molecule has 0 spiro atoms. The highest BCUT2D eigenvalue weighted by Crippen LogP contribution is 2.35. The Bertz CT molecular complexity index is 1110. The summed E-state index contributed by atoms with van der Waals surface area (Å²) >= 11 is 0. The van der Waals surface area contributed by atoms with Crippen LogP contribution in [-0.4, -0.2) is 74.5 Å². The highest BCUT2D eigenvalue weighted by Gasteiger charge is 2.15. The number of quaternary nitrogens is 1. The van der Waals surface area contributed by atoms with E-state index in [4.69, 9.17) is 20.6 Å². The number of aromatic nitrogens is 2. The number of nitrogens with zero attached hydrogens (tertiary/aromatic N) is 3. The number of terminal acetylenes is 1. The average molecular weight is 449 g/mol. The summed E-state index contributed by atoms with van der Waals surface area (Å²) in [5.41, 5.74) is 2.41. The van der Waals surface area contributed by atoms with Gasteiger partial charge >= 0.3 is 0 Å². The molecule has 3 aromatic rings. The highest BCUT2D eigenvalue weighted by molar-refractivity contribution is 5.93. The first kappa shape index (κ1) is 22.8. The number of anilines is 2. The van der Waals surface area contributed by atoms with Gasteiger partial charge in [0.1, 0.15) is 25.4 Å². The van der Waals surface area contributed by atoms with Gasteiger partial charge in [-0.2, -0.15) is 0 Å². The first-order chi connectivity index (χ1) is 16.3. The van der Waals surface area contributed by atoms with Crippen molar-refractivity contribution in [3.05, 3.63) is 48.3 Å². The Labute approximate surface area is 194 Å². The minimum Gasteiger partial charge on any atom is -0.488 e. The maximum atomic E-state index is 6.19. The van der Waals surface area contributed by atoms with Crippen LogP contribution in [0.5, 0.6) is 11.5 Å². The van der Waals surface area contributed by atoms with Gasteiger partial charge in [-0.1, -0.05) is 12.0 Å². The fourth-order valence-electron chi connectivity index (χ4n) is 3.76. The van der Waals surface area contributed by atoms with Gasteiger partial charge in [0.15, 0.2) is 11.5 Å². The van der Waals surface area contributed by atoms with Crippen LogP contribution in [0.15, 0.2) is 42.7 Å². The average Bonchev–Trinajstić information content (AvgIpc) is 2.85. The molecule has 8 heteroatoms. The summed E-state index contributed by atoms with van der Waals surface area (Å²) in [6.45, 7) is 6.79. The van der Waals surface area contributed by atoms with Crippen LogP contribution < -0.4 is 20.1 Å². The SMILES string of the molecule is C#Cc1cccc(Nc2ncnc3cc(OCCOC)c(OCCN4CC[NH2+]CC4)cc23)c1. The van der Waals surface area contributed by atoms with Crippen molar-refractivity contribution in [2.75, 3.05) is 65.0 Å². The van der Waals surface area contributed by atoms with E-state index in [1.165, 1.54) is 6.33 Å². The molecule has 0 bridgehead atoms. The van der Waals surface area contributed by atoms with Crippen molar-refractivity contribution in [1.82, 2.24) is 14.9 Å². The normalized spacial score (nSPS) is 14.1. The van der Waals surface area contributed by atoms with Gasteiger partial charge in [-0.3, -0.25) is 4.90 Å². The lowest BCUT2D eigenvalue weighted by molar-refractivity contribution is -0.663. The maximum absolute atomic E-state index is 6.19. The van der Waals surface area contributed by atoms with Gasteiger partial charge in [0.2, 0.25) is 0 Å². The maximum Gasteiger partial charge on any atom is 0.163 e. The Kier molecular flexibility index (Phi) is 7.93. The largest absolute Gasteiger partial charge is 0.488 e. The van der Waals surface area contributed by atoms with E-state index in [1.807, 2.05) is 36.4 Å². The molecular formula is C25H30N5O3+. The predicted molar refractivity (Wildman–Crippen MR) is 128 cm³/mol. The van der Waals surface area contributed by atoms with Crippen LogP contribution in [0.4, 0.5) is 11.5 Å². The first-order valence-electron chi connectivity index (χ1n) is 11.2. The number of piperazine rings is 1. The summed E-state index contributed by atoms with van der Waals surface area (Å²) < 4.78 is 17.3. The van der Waals surface area contributed by atoms with Gasteiger partial charge in [-0.05, 0) is 24.3 Å². The first-order valence-corrected chi connectivity index (χ1v) is 11.2. The molecular weight excluding hydrogens is 418 g/mol. The molecule has 1 aliphatic heterocycles. The van der Waals surface area contributed by atoms with Gasteiger partial charge in [-0.25, -0.2) is 9.97 Å². The molecule has 1 aromatic heterocycles. The van der Waals surface area contributed by atoms with Crippen molar-refractivity contribution in [1.29, 1.82) is 0 Å². The molecule has 172 valence electrons. The van der Waals surface area contributed by atoms with Gasteiger partial charge in [0.05, 0.1) is 25.2 Å². The molecule has 0 aliphatic carbocycles. The second kappa shape index (κ2) is 11.5. The fraction of sp³-hybridized carbons (Fsp3) is 0.360. The molecule has 3 N–H and O–H groups in total. The third-order valence-corrected chi connectivity index (χ3v) is 5.50. The number of hydrogen-bond acceptors (Lipinski definition) is 7. The Hall–Kier alpha value is -3.38. The van der Waals surface area contributed by atoms with E-state index in [0.717, 1.165) is 54.9 Å². The van der Waals surface area contributed by atoms with E-state index in [1.54, 1.807) is 7.11 Å². The number of ether oxygens (including phenoxy) is 3. The van der Waals surface area contributed by atoms with E-state index in [-0.39, 0.29) is 0 Å². The van der Waals surface area contributed by atoms with E-state index >= 15 is 0 Å². The lowest BCUT2D eigenvalue weighted by atomic mass is 10.2. The third kappa shape index (κ3) is 6.11. The number of nitrogens with one attached hydrogen (secondary N) is 1. The minimum absolute atomic E-state index is 0.426. The Morgan fingerprint density at radius 1 is 1.06 bits per heavy atom. The number of methoxy groups -OCH3 is 1. The molecule has 0 atom stereocenters. The Balaban J connectivity index is 1.58. The molecule has 0 amide bonds. The van der Waals surface area contributed by atoms with Crippen LogP contribution in [0.3, 0.4) is 0 Å². The Morgan fingerprint density at radius 2 is 1.88 bits per heavy atom. The molecule has 2 aromatic carbocycles. The smallest absolute Gasteiger partial charge is 0.163 e. The molecule has 0 radical (unpaired) electrons. The van der Waals surface area contributed by atoms with Crippen LogP contribution in [0.1, 0.15) is 5.56 Å². The lowest BCUT2D eigenvalue weighted by Crippen LogP contribution is -2.89. The van der Waals surface area contributed by atoms with Crippen molar-refractivity contribution < 1.29 is 19.5 Å². The summed E-state index contributed by atoms with van der Waals surface area (Å²) in [5, 5.41) is 6.54. The fourth-order valence-corrected chi connectivity index (χ4v) is 3.76. The second-order valence-corrected chi connectivity index (χ2v) is 7.79. The van der Waals surface area contributed by atoms with Crippen molar-refractivity contribution in [2.24, 2.45) is 0 Å². The van der Waals surface area contributed by atoms with Gasteiger partial charge in [0, 0.05) is 49.4 Å². The van der Waals surface area contributed by atoms with Crippen LogP contribution in [0.2, 0.25) is 0 Å². The molecule has 1 saturated heterocycles. The molecule has 2 heterocycles. The monoisotopic (exact) mass is 448 g/mol. The third-order valence-electron chi connectivity index (χ3n) is 5.50. The summed E-state index contributed by atoms with van der Waals surface area (Å²) in [5.74, 6) is 4.64. The van der Waals surface area contributed by atoms with E-state index in [9.17, 15) is 0 Å². The summed E-state index contributed by atoms with van der Waals surface area (Å²) in [4.78, 5) is 11.3. The number of nitrogens with two attached hydrogens (primary N) is 1. The number of fused-ring (bicyclic) bond motifs is 1. The van der Waals surface area contributed by atoms with Crippen LogP contribution in [-0.2, 0) is 4.74 Å². The topological polar surface area (TPSA) is 85.4 Å². The highest BCUT2D eigenvalue weighted by atomic mass is 16.5. The zero-order valence-electron chi connectivity index (χ0n) is 18.9. The Morgan fingerprint density at radius 3 is 2.70 bits per heavy atom. The zero-order valence-corrected chi connectivity index (χ0v) is 18.9. The van der Waals surface area contributed by atoms with Crippen LogP contribution >= 0.6 is 0 Å². The van der Waals surface area contributed by atoms with Crippen LogP contribution in [0.25, 0.3) is 10.9 Å². The number of rotatable bonds is 10. The number of benzene rings is 2. The van der Waals surface area contributed by atoms with Crippen molar-refractivity contribution in [2.45, 2.75) is 0 Å². The second-order valence-electron chi connectivity index (χ2n) is 7.79. The predicted octanol–water partition coefficient (Wildman–Crippen LogP) is 1.64. The van der Waals surface area contributed by atoms with E-state index in [0.29, 0.717) is 37.1 Å². The lowest BCUT2D eigenvalue weighted by Gasteiger charge is -2.25. The van der Waals surface area contributed by atoms with Gasteiger partial charge in [0.25, 0.3) is 0 Å². The summed E-state index contributed by atoms with van der Waals surface area (Å²) in [6.07, 6.45) is 7.07. The van der Waals surface area contributed by atoms with Crippen molar-refractivity contribution >= 4 is 22.4 Å². The zero-order chi connectivity index (χ0) is 22.9. The molecule has 8 nitrogen and oxygen atoms in total. The van der Waals surface area contributed by atoms with Crippen molar-refractivity contribution in [3.63, 3.8) is 0 Å². The molecule has 1 fully saturated rings.